The molecule has 0 bridgehead atoms. The van der Waals surface area contributed by atoms with Gasteiger partial charge in [0.15, 0.2) is 0 Å². The molecule has 1 aliphatic heterocycles. The Bertz CT molecular complexity index is 1180. The van der Waals surface area contributed by atoms with Crippen molar-refractivity contribution in [2.75, 3.05) is 43.5 Å². The molecule has 0 aliphatic carbocycles. The van der Waals surface area contributed by atoms with Crippen LogP contribution in [0.1, 0.15) is 45.3 Å². The number of carbonyl (C=O) groups is 1. The van der Waals surface area contributed by atoms with Crippen molar-refractivity contribution in [2.45, 2.75) is 39.7 Å². The number of carbonyl (C=O) groups excluding carboxylic acids is 1. The summed E-state index contributed by atoms with van der Waals surface area (Å²) in [7, 11) is 1.58. The highest BCUT2D eigenvalue weighted by atomic mass is 16.6. The highest BCUT2D eigenvalue weighted by molar-refractivity contribution is 5.83. The molecule has 0 spiro atoms. The van der Waals surface area contributed by atoms with Crippen molar-refractivity contribution >= 4 is 40.0 Å². The van der Waals surface area contributed by atoms with Crippen LogP contribution in [0.3, 0.4) is 0 Å². The minimum absolute atomic E-state index is 0.142. The maximum atomic E-state index is 11.6. The van der Waals surface area contributed by atoms with Crippen LogP contribution >= 0.6 is 0 Å². The first kappa shape index (κ1) is 24.5. The Morgan fingerprint density at radius 1 is 1.14 bits per heavy atom. The summed E-state index contributed by atoms with van der Waals surface area (Å²) in [5.41, 5.74) is 7.42. The fraction of sp³-hybridized carbons (Fsp3) is 0.423. The van der Waals surface area contributed by atoms with Gasteiger partial charge in [0, 0.05) is 62.1 Å². The number of rotatable bonds is 9. The minimum atomic E-state index is 0.142. The Labute approximate surface area is 206 Å². The molecular weight excluding hydrogens is 442 g/mol. The van der Waals surface area contributed by atoms with Crippen LogP contribution < -0.4 is 15.7 Å². The second-order valence-electron chi connectivity index (χ2n) is 8.79. The maximum absolute atomic E-state index is 11.6. The van der Waals surface area contributed by atoms with Crippen molar-refractivity contribution in [3.05, 3.63) is 48.8 Å². The van der Waals surface area contributed by atoms with Gasteiger partial charge in [0.2, 0.25) is 11.9 Å². The van der Waals surface area contributed by atoms with Gasteiger partial charge in [-0.1, -0.05) is 20.4 Å². The summed E-state index contributed by atoms with van der Waals surface area (Å²) in [5, 5.41) is 4.30. The first-order chi connectivity index (χ1) is 16.9. The molecule has 3 heterocycles. The molecule has 1 aromatic carbocycles. The van der Waals surface area contributed by atoms with Crippen LogP contribution in [0.4, 0.5) is 17.3 Å². The zero-order valence-corrected chi connectivity index (χ0v) is 21.0. The summed E-state index contributed by atoms with van der Waals surface area (Å²) >= 11 is 0. The Balaban J connectivity index is 1.55. The summed E-state index contributed by atoms with van der Waals surface area (Å²) in [4.78, 5) is 30.3. The molecule has 9 nitrogen and oxygen atoms in total. The largest absolute Gasteiger partial charge is 0.368 e. The van der Waals surface area contributed by atoms with Gasteiger partial charge in [-0.25, -0.2) is 4.98 Å². The van der Waals surface area contributed by atoms with E-state index in [0.717, 1.165) is 67.1 Å². The van der Waals surface area contributed by atoms with E-state index < -0.39 is 0 Å². The Morgan fingerprint density at radius 2 is 1.83 bits per heavy atom. The van der Waals surface area contributed by atoms with Gasteiger partial charge in [0.25, 0.3) is 0 Å². The fourth-order valence-electron chi connectivity index (χ4n) is 4.66. The Hall–Kier alpha value is -3.59. The average Bonchev–Trinajstić information content (AvgIpc) is 3.24. The highest BCUT2D eigenvalue weighted by Gasteiger charge is 2.20. The summed E-state index contributed by atoms with van der Waals surface area (Å²) < 4.78 is 2.22. The second kappa shape index (κ2) is 10.8. The third-order valence-corrected chi connectivity index (χ3v) is 6.63. The molecule has 3 aromatic rings. The third kappa shape index (κ3) is 5.24. The molecule has 2 N–H and O–H groups in total. The van der Waals surface area contributed by atoms with Crippen molar-refractivity contribution in [1.82, 2.24) is 24.9 Å². The van der Waals surface area contributed by atoms with Crippen LogP contribution in [0.5, 0.6) is 0 Å². The molecule has 1 fully saturated rings. The predicted molar refractivity (Wildman–Crippen MR) is 141 cm³/mol. The van der Waals surface area contributed by atoms with Gasteiger partial charge in [0.05, 0.1) is 18.5 Å². The van der Waals surface area contributed by atoms with E-state index >= 15 is 0 Å². The zero-order chi connectivity index (χ0) is 24.9. The van der Waals surface area contributed by atoms with Gasteiger partial charge in [-0.3, -0.25) is 15.1 Å². The van der Waals surface area contributed by atoms with Crippen LogP contribution in [0.2, 0.25) is 0 Å². The van der Waals surface area contributed by atoms with E-state index in [0.29, 0.717) is 11.6 Å². The number of hydrogen-bond donors (Lipinski definition) is 2. The zero-order valence-electron chi connectivity index (χ0n) is 21.0. The molecule has 0 unspecified atom stereocenters. The van der Waals surface area contributed by atoms with Crippen LogP contribution in [-0.4, -0.2) is 58.6 Å². The standard InChI is InChI=1S/C26H35N7O2/c1-6-22(7-2)33-24(18(3)30-35-5)16-20-17-27-26(29-25(20)33)28-21-8-10-23(11-9-21)32-14-12-31(13-15-32)19(4)34/h8-11,16-17,22,30H,3,6-7,12-15H2,1-2,4-5H3,(H,27,28,29). The third-order valence-electron chi connectivity index (χ3n) is 6.63. The molecular formula is C26H35N7O2. The first-order valence-corrected chi connectivity index (χ1v) is 12.2. The van der Waals surface area contributed by atoms with Crippen LogP contribution in [-0.2, 0) is 9.63 Å². The van der Waals surface area contributed by atoms with Crippen molar-refractivity contribution in [2.24, 2.45) is 0 Å². The molecule has 2 aromatic heterocycles. The summed E-state index contributed by atoms with van der Waals surface area (Å²) in [5.74, 6) is 0.686. The van der Waals surface area contributed by atoms with Gasteiger partial charge >= 0.3 is 0 Å². The number of hydroxylamine groups is 1. The molecule has 4 rings (SSSR count). The van der Waals surface area contributed by atoms with Gasteiger partial charge in [-0.15, -0.1) is 0 Å². The van der Waals surface area contributed by atoms with Crippen molar-refractivity contribution in [3.63, 3.8) is 0 Å². The number of anilines is 3. The number of benzene rings is 1. The van der Waals surface area contributed by atoms with Crippen molar-refractivity contribution in [3.8, 4) is 0 Å². The number of amides is 1. The maximum Gasteiger partial charge on any atom is 0.229 e. The smallest absolute Gasteiger partial charge is 0.229 e. The molecule has 0 saturated carbocycles. The predicted octanol–water partition coefficient (Wildman–Crippen LogP) is 4.33. The number of aromatic nitrogens is 3. The van der Waals surface area contributed by atoms with E-state index in [1.54, 1.807) is 14.0 Å². The van der Waals surface area contributed by atoms with Crippen molar-refractivity contribution < 1.29 is 9.63 Å². The molecule has 186 valence electrons. The van der Waals surface area contributed by atoms with E-state index in [1.165, 1.54) is 0 Å². The molecule has 9 heteroatoms. The summed E-state index contributed by atoms with van der Waals surface area (Å²) in [6.45, 7) is 13.3. The lowest BCUT2D eigenvalue weighted by Gasteiger charge is -2.35. The minimum Gasteiger partial charge on any atom is -0.368 e. The normalized spacial score (nSPS) is 14.0. The topological polar surface area (TPSA) is 87.6 Å². The number of nitrogens with one attached hydrogen (secondary N) is 2. The van der Waals surface area contributed by atoms with E-state index in [9.17, 15) is 4.79 Å². The van der Waals surface area contributed by atoms with Gasteiger partial charge < -0.3 is 19.7 Å². The first-order valence-electron chi connectivity index (χ1n) is 12.2. The molecule has 1 saturated heterocycles. The Morgan fingerprint density at radius 3 is 2.43 bits per heavy atom. The number of hydrogen-bond acceptors (Lipinski definition) is 7. The van der Waals surface area contributed by atoms with E-state index in [1.807, 2.05) is 29.3 Å². The second-order valence-corrected chi connectivity index (χ2v) is 8.79. The van der Waals surface area contributed by atoms with Crippen molar-refractivity contribution in [1.29, 1.82) is 0 Å². The Kier molecular flexibility index (Phi) is 7.55. The summed E-state index contributed by atoms with van der Waals surface area (Å²) in [6.07, 6.45) is 3.79. The van der Waals surface area contributed by atoms with Crippen LogP contribution in [0.25, 0.3) is 16.7 Å². The lowest BCUT2D eigenvalue weighted by Crippen LogP contribution is -2.48. The van der Waals surface area contributed by atoms with Crippen LogP contribution in [0, 0.1) is 0 Å². The van der Waals surface area contributed by atoms with Crippen LogP contribution in [0.15, 0.2) is 43.1 Å². The molecule has 0 atom stereocenters. The van der Waals surface area contributed by atoms with E-state index in [4.69, 9.17) is 9.82 Å². The summed E-state index contributed by atoms with van der Waals surface area (Å²) in [6, 6.07) is 10.6. The highest BCUT2D eigenvalue weighted by Crippen LogP contribution is 2.30. The molecule has 1 amide bonds. The van der Waals surface area contributed by atoms with E-state index in [-0.39, 0.29) is 11.9 Å². The average molecular weight is 478 g/mol. The SMILES string of the molecule is C=C(NOC)c1cc2cnc(Nc3ccc(N4CCN(C(C)=O)CC4)cc3)nc2n1C(CC)CC. The lowest BCUT2D eigenvalue weighted by molar-refractivity contribution is -0.129. The van der Waals surface area contributed by atoms with E-state index in [2.05, 4.69) is 57.8 Å². The number of piperazine rings is 1. The number of nitrogens with zero attached hydrogens (tertiary/aromatic N) is 5. The van der Waals surface area contributed by atoms with Gasteiger partial charge in [-0.2, -0.15) is 4.98 Å². The number of fused-ring (bicyclic) bond motifs is 1. The van der Waals surface area contributed by atoms with Gasteiger partial charge in [0.1, 0.15) is 5.65 Å². The molecule has 0 radical (unpaired) electrons. The lowest BCUT2D eigenvalue weighted by atomic mass is 10.1. The fourth-order valence-corrected chi connectivity index (χ4v) is 4.66. The molecule has 1 aliphatic rings. The molecule has 35 heavy (non-hydrogen) atoms. The van der Waals surface area contributed by atoms with Gasteiger partial charge in [-0.05, 0) is 43.2 Å². The quantitative estimate of drug-likeness (QED) is 0.444. The monoisotopic (exact) mass is 477 g/mol.